The normalized spacial score (nSPS) is 11.0. The maximum atomic E-state index is 11.1. The van der Waals surface area contributed by atoms with Gasteiger partial charge in [0.1, 0.15) is 24.5 Å². The lowest BCUT2D eigenvalue weighted by molar-refractivity contribution is -0.138. The molecule has 0 aliphatic rings. The molecule has 106 valence electrons. The minimum Gasteiger partial charge on any atom is -0.468 e. The molecule has 0 atom stereocenters. The number of rotatable bonds is 5. The van der Waals surface area contributed by atoms with Gasteiger partial charge in [0, 0.05) is 19.7 Å². The molecule has 1 N–H and O–H groups in total. The predicted octanol–water partition coefficient (Wildman–Crippen LogP) is 1.54. The van der Waals surface area contributed by atoms with Crippen molar-refractivity contribution in [3.63, 3.8) is 0 Å². The maximum absolute atomic E-state index is 11.1. The van der Waals surface area contributed by atoms with E-state index < -0.39 is 0 Å². The molecule has 0 aliphatic heterocycles. The molecular formula is C13H22N4O2. The highest BCUT2D eigenvalue weighted by molar-refractivity contribution is 5.74. The van der Waals surface area contributed by atoms with Crippen LogP contribution < -0.4 is 10.2 Å². The number of methoxy groups -OCH3 is 1. The van der Waals surface area contributed by atoms with Gasteiger partial charge in [-0.15, -0.1) is 0 Å². The highest BCUT2D eigenvalue weighted by atomic mass is 16.5. The predicted molar refractivity (Wildman–Crippen MR) is 75.3 cm³/mol. The van der Waals surface area contributed by atoms with Gasteiger partial charge in [0.2, 0.25) is 0 Å². The van der Waals surface area contributed by atoms with Crippen molar-refractivity contribution in [2.75, 3.05) is 37.5 Å². The minimum atomic E-state index is -0.330. The van der Waals surface area contributed by atoms with Gasteiger partial charge in [-0.1, -0.05) is 20.8 Å². The molecule has 0 saturated heterocycles. The van der Waals surface area contributed by atoms with E-state index in [0.717, 1.165) is 12.4 Å². The molecule has 0 amide bonds. The summed E-state index contributed by atoms with van der Waals surface area (Å²) >= 11 is 0. The average Bonchev–Trinajstić information content (AvgIpc) is 2.34. The fraction of sp³-hybridized carbons (Fsp3) is 0.615. The number of carbonyl (C=O) groups excluding carboxylic acids is 1. The molecule has 1 heterocycles. The fourth-order valence-electron chi connectivity index (χ4n) is 1.68. The van der Waals surface area contributed by atoms with Crippen LogP contribution in [0.4, 0.5) is 11.6 Å². The van der Waals surface area contributed by atoms with Crippen molar-refractivity contribution in [2.24, 2.45) is 5.41 Å². The third kappa shape index (κ3) is 5.54. The SMILES string of the molecule is COC(=O)CNc1cc(N(C)CC(C)(C)C)ncn1. The van der Waals surface area contributed by atoms with E-state index in [1.165, 1.54) is 13.4 Å². The second-order valence-electron chi connectivity index (χ2n) is 5.61. The van der Waals surface area contributed by atoms with Crippen LogP contribution in [0.25, 0.3) is 0 Å². The first kappa shape index (κ1) is 15.2. The largest absolute Gasteiger partial charge is 0.468 e. The molecule has 6 nitrogen and oxygen atoms in total. The Morgan fingerprint density at radius 1 is 1.42 bits per heavy atom. The van der Waals surface area contributed by atoms with Crippen LogP contribution in [0.1, 0.15) is 20.8 Å². The van der Waals surface area contributed by atoms with Crippen LogP contribution >= 0.6 is 0 Å². The van der Waals surface area contributed by atoms with E-state index in [1.54, 1.807) is 0 Å². The summed E-state index contributed by atoms with van der Waals surface area (Å²) in [5.41, 5.74) is 0.180. The lowest BCUT2D eigenvalue weighted by atomic mass is 9.96. The number of aromatic nitrogens is 2. The molecule has 1 rings (SSSR count). The first-order valence-electron chi connectivity index (χ1n) is 6.16. The third-order valence-electron chi connectivity index (χ3n) is 2.40. The van der Waals surface area contributed by atoms with Gasteiger partial charge < -0.3 is 15.0 Å². The van der Waals surface area contributed by atoms with Crippen LogP contribution in [0.15, 0.2) is 12.4 Å². The highest BCUT2D eigenvalue weighted by Gasteiger charge is 2.15. The molecule has 0 radical (unpaired) electrons. The van der Waals surface area contributed by atoms with Crippen LogP contribution in [-0.4, -0.2) is 43.2 Å². The first-order valence-corrected chi connectivity index (χ1v) is 6.16. The summed E-state index contributed by atoms with van der Waals surface area (Å²) in [5.74, 6) is 1.09. The molecule has 0 unspecified atom stereocenters. The minimum absolute atomic E-state index is 0.0932. The number of ether oxygens (including phenoxy) is 1. The summed E-state index contributed by atoms with van der Waals surface area (Å²) in [7, 11) is 3.34. The van der Waals surface area contributed by atoms with Crippen molar-refractivity contribution < 1.29 is 9.53 Å². The van der Waals surface area contributed by atoms with Crippen LogP contribution in [-0.2, 0) is 9.53 Å². The highest BCUT2D eigenvalue weighted by Crippen LogP contribution is 2.19. The van der Waals surface area contributed by atoms with Crippen molar-refractivity contribution in [2.45, 2.75) is 20.8 Å². The Labute approximate surface area is 114 Å². The molecule has 0 fully saturated rings. The lowest BCUT2D eigenvalue weighted by Crippen LogP contribution is -2.29. The van der Waals surface area contributed by atoms with E-state index in [0.29, 0.717) is 5.82 Å². The maximum Gasteiger partial charge on any atom is 0.325 e. The van der Waals surface area contributed by atoms with E-state index in [1.807, 2.05) is 13.1 Å². The zero-order valence-corrected chi connectivity index (χ0v) is 12.2. The van der Waals surface area contributed by atoms with Gasteiger partial charge >= 0.3 is 5.97 Å². The molecule has 0 aromatic carbocycles. The fourth-order valence-corrected chi connectivity index (χ4v) is 1.68. The van der Waals surface area contributed by atoms with Gasteiger partial charge in [-0.05, 0) is 5.41 Å². The number of nitrogens with zero attached hydrogens (tertiary/aromatic N) is 3. The van der Waals surface area contributed by atoms with Gasteiger partial charge in [-0.3, -0.25) is 4.79 Å². The number of nitrogens with one attached hydrogen (secondary N) is 1. The van der Waals surface area contributed by atoms with Gasteiger partial charge in [-0.2, -0.15) is 0 Å². The third-order valence-corrected chi connectivity index (χ3v) is 2.40. The summed E-state index contributed by atoms with van der Waals surface area (Å²) in [5, 5.41) is 2.90. The smallest absolute Gasteiger partial charge is 0.325 e. The van der Waals surface area contributed by atoms with Crippen LogP contribution in [0, 0.1) is 5.41 Å². The van der Waals surface area contributed by atoms with Gasteiger partial charge in [0.05, 0.1) is 7.11 Å². The van der Waals surface area contributed by atoms with Gasteiger partial charge in [0.25, 0.3) is 0 Å². The Balaban J connectivity index is 2.68. The molecule has 0 aliphatic carbocycles. The summed E-state index contributed by atoms with van der Waals surface area (Å²) in [6, 6.07) is 1.81. The number of hydrogen-bond acceptors (Lipinski definition) is 6. The summed E-state index contributed by atoms with van der Waals surface area (Å²) in [6.45, 7) is 7.47. The van der Waals surface area contributed by atoms with E-state index in [4.69, 9.17) is 0 Å². The first-order chi connectivity index (χ1) is 8.81. The second-order valence-corrected chi connectivity index (χ2v) is 5.61. The van der Waals surface area contributed by atoms with E-state index in [-0.39, 0.29) is 17.9 Å². The zero-order chi connectivity index (χ0) is 14.5. The average molecular weight is 266 g/mol. The van der Waals surface area contributed by atoms with Crippen molar-refractivity contribution in [1.29, 1.82) is 0 Å². The van der Waals surface area contributed by atoms with Gasteiger partial charge in [-0.25, -0.2) is 9.97 Å². The molecule has 19 heavy (non-hydrogen) atoms. The molecular weight excluding hydrogens is 244 g/mol. The quantitative estimate of drug-likeness (QED) is 0.815. The van der Waals surface area contributed by atoms with Crippen LogP contribution in [0.3, 0.4) is 0 Å². The van der Waals surface area contributed by atoms with Crippen LogP contribution in [0.5, 0.6) is 0 Å². The second kappa shape index (κ2) is 6.36. The Morgan fingerprint density at radius 2 is 2.11 bits per heavy atom. The topological polar surface area (TPSA) is 67.3 Å². The van der Waals surface area contributed by atoms with Crippen molar-refractivity contribution >= 4 is 17.6 Å². The van der Waals surface area contributed by atoms with Crippen LogP contribution in [0.2, 0.25) is 0 Å². The molecule has 1 aromatic rings. The Bertz CT molecular complexity index is 429. The molecule has 6 heteroatoms. The molecule has 0 saturated carbocycles. The molecule has 1 aromatic heterocycles. The van der Waals surface area contributed by atoms with E-state index >= 15 is 0 Å². The standard InChI is InChI=1S/C13H22N4O2/c1-13(2,3)8-17(4)11-6-10(15-9-16-11)14-7-12(18)19-5/h6,9H,7-8H2,1-5H3,(H,14,15,16). The monoisotopic (exact) mass is 266 g/mol. The summed E-state index contributed by atoms with van der Waals surface area (Å²) in [4.78, 5) is 21.4. The Morgan fingerprint density at radius 3 is 2.68 bits per heavy atom. The van der Waals surface area contributed by atoms with E-state index in [9.17, 15) is 4.79 Å². The number of carbonyl (C=O) groups is 1. The summed E-state index contributed by atoms with van der Waals surface area (Å²) < 4.78 is 4.56. The Kier molecular flexibility index (Phi) is 5.09. The van der Waals surface area contributed by atoms with E-state index in [2.05, 4.69) is 45.7 Å². The van der Waals surface area contributed by atoms with Gasteiger partial charge in [0.15, 0.2) is 0 Å². The lowest BCUT2D eigenvalue weighted by Gasteiger charge is -2.27. The number of hydrogen-bond donors (Lipinski definition) is 1. The number of esters is 1. The summed E-state index contributed by atoms with van der Waals surface area (Å²) in [6.07, 6.45) is 1.48. The number of anilines is 2. The molecule has 0 spiro atoms. The molecule has 0 bridgehead atoms. The van der Waals surface area contributed by atoms with Crippen molar-refractivity contribution in [3.05, 3.63) is 12.4 Å². The Hall–Kier alpha value is -1.85. The zero-order valence-electron chi connectivity index (χ0n) is 12.2. The van der Waals surface area contributed by atoms with Crippen molar-refractivity contribution in [1.82, 2.24) is 9.97 Å². The van der Waals surface area contributed by atoms with Crippen molar-refractivity contribution in [3.8, 4) is 0 Å².